The first-order valence-corrected chi connectivity index (χ1v) is 7.42. The molecule has 2 aromatic heterocycles. The van der Waals surface area contributed by atoms with Crippen molar-refractivity contribution in [3.05, 3.63) is 38.7 Å². The summed E-state index contributed by atoms with van der Waals surface area (Å²) in [6.45, 7) is 0. The van der Waals surface area contributed by atoms with Crippen molar-refractivity contribution in [3.63, 3.8) is 0 Å². The fourth-order valence-corrected chi connectivity index (χ4v) is 3.61. The van der Waals surface area contributed by atoms with Crippen molar-refractivity contribution in [2.45, 2.75) is 18.9 Å². The van der Waals surface area contributed by atoms with Crippen LogP contribution in [0.2, 0.25) is 0 Å². The SMILES string of the molecule is CNC(CCc1cccs1)c1sccc1OC. The second-order valence-corrected chi connectivity index (χ2v) is 5.79. The molecule has 0 bridgehead atoms. The molecule has 2 heterocycles. The van der Waals surface area contributed by atoms with Crippen LogP contribution in [0.5, 0.6) is 5.75 Å². The lowest BCUT2D eigenvalue weighted by Gasteiger charge is -2.15. The summed E-state index contributed by atoms with van der Waals surface area (Å²) in [5, 5.41) is 7.60. The topological polar surface area (TPSA) is 21.3 Å². The minimum Gasteiger partial charge on any atom is -0.496 e. The average Bonchev–Trinajstić information content (AvgIpc) is 3.00. The molecule has 2 rings (SSSR count). The lowest BCUT2D eigenvalue weighted by atomic mass is 10.1. The predicted molar refractivity (Wildman–Crippen MR) is 75.3 cm³/mol. The van der Waals surface area contributed by atoms with Crippen molar-refractivity contribution in [1.82, 2.24) is 5.32 Å². The van der Waals surface area contributed by atoms with Gasteiger partial charge in [0.25, 0.3) is 0 Å². The zero-order valence-corrected chi connectivity index (χ0v) is 11.7. The van der Waals surface area contributed by atoms with Crippen LogP contribution in [-0.4, -0.2) is 14.2 Å². The number of rotatable bonds is 6. The Kier molecular flexibility index (Phi) is 4.59. The van der Waals surface area contributed by atoms with Gasteiger partial charge < -0.3 is 10.1 Å². The second-order valence-electron chi connectivity index (χ2n) is 3.81. The summed E-state index contributed by atoms with van der Waals surface area (Å²) in [5.41, 5.74) is 0. The van der Waals surface area contributed by atoms with Gasteiger partial charge in [-0.1, -0.05) is 6.07 Å². The maximum Gasteiger partial charge on any atom is 0.134 e. The monoisotopic (exact) mass is 267 g/mol. The summed E-state index contributed by atoms with van der Waals surface area (Å²) in [6.07, 6.45) is 2.22. The van der Waals surface area contributed by atoms with Crippen LogP contribution in [0.15, 0.2) is 29.0 Å². The zero-order chi connectivity index (χ0) is 12.1. The maximum atomic E-state index is 5.38. The minimum atomic E-state index is 0.382. The van der Waals surface area contributed by atoms with Gasteiger partial charge in [0.1, 0.15) is 5.75 Å². The molecule has 1 unspecified atom stereocenters. The van der Waals surface area contributed by atoms with E-state index in [2.05, 4.69) is 28.2 Å². The van der Waals surface area contributed by atoms with E-state index in [0.717, 1.165) is 18.6 Å². The van der Waals surface area contributed by atoms with E-state index in [0.29, 0.717) is 6.04 Å². The summed E-state index contributed by atoms with van der Waals surface area (Å²) < 4.78 is 5.38. The van der Waals surface area contributed by atoms with Crippen molar-refractivity contribution < 1.29 is 4.74 Å². The molecule has 0 fully saturated rings. The van der Waals surface area contributed by atoms with E-state index in [1.807, 2.05) is 24.5 Å². The summed E-state index contributed by atoms with van der Waals surface area (Å²) >= 11 is 3.59. The van der Waals surface area contributed by atoms with E-state index in [9.17, 15) is 0 Å². The standard InChI is InChI=1S/C13H17NOS2/c1-14-11(6-5-10-4-3-8-16-10)13-12(15-2)7-9-17-13/h3-4,7-9,11,14H,5-6H2,1-2H3. The molecule has 0 saturated heterocycles. The number of hydrogen-bond acceptors (Lipinski definition) is 4. The highest BCUT2D eigenvalue weighted by Gasteiger charge is 2.15. The van der Waals surface area contributed by atoms with E-state index in [1.165, 1.54) is 9.75 Å². The molecule has 2 aromatic rings. The first-order valence-electron chi connectivity index (χ1n) is 5.66. The third-order valence-electron chi connectivity index (χ3n) is 2.80. The third kappa shape index (κ3) is 3.09. The van der Waals surface area contributed by atoms with Gasteiger partial charge in [-0.3, -0.25) is 0 Å². The molecule has 0 aromatic carbocycles. The van der Waals surface area contributed by atoms with Crippen LogP contribution < -0.4 is 10.1 Å². The van der Waals surface area contributed by atoms with Gasteiger partial charge in [0.2, 0.25) is 0 Å². The number of aryl methyl sites for hydroxylation is 1. The molecule has 2 nitrogen and oxygen atoms in total. The van der Waals surface area contributed by atoms with Gasteiger partial charge in [-0.2, -0.15) is 0 Å². The van der Waals surface area contributed by atoms with E-state index < -0.39 is 0 Å². The molecule has 0 amide bonds. The molecule has 0 radical (unpaired) electrons. The van der Waals surface area contributed by atoms with Gasteiger partial charge in [0.15, 0.2) is 0 Å². The fraction of sp³-hybridized carbons (Fsp3) is 0.385. The third-order valence-corrected chi connectivity index (χ3v) is 4.75. The number of nitrogens with one attached hydrogen (secondary N) is 1. The van der Waals surface area contributed by atoms with E-state index in [4.69, 9.17) is 4.74 Å². The Bertz CT molecular complexity index is 436. The summed E-state index contributed by atoms with van der Waals surface area (Å²) in [5.74, 6) is 1.00. The number of ether oxygens (including phenoxy) is 1. The van der Waals surface area contributed by atoms with Gasteiger partial charge in [0, 0.05) is 10.9 Å². The first kappa shape index (κ1) is 12.6. The van der Waals surface area contributed by atoms with Crippen LogP contribution in [0.4, 0.5) is 0 Å². The highest BCUT2D eigenvalue weighted by molar-refractivity contribution is 7.10. The average molecular weight is 267 g/mol. The van der Waals surface area contributed by atoms with Gasteiger partial charge in [-0.25, -0.2) is 0 Å². The first-order chi connectivity index (χ1) is 8.35. The molecule has 1 atom stereocenters. The molecule has 0 aliphatic carbocycles. The van der Waals surface area contributed by atoms with Crippen LogP contribution in [0.1, 0.15) is 22.2 Å². The van der Waals surface area contributed by atoms with Gasteiger partial charge in [-0.15, -0.1) is 22.7 Å². The summed E-state index contributed by atoms with van der Waals surface area (Å²) in [4.78, 5) is 2.74. The van der Waals surface area contributed by atoms with Crippen molar-refractivity contribution in [2.75, 3.05) is 14.2 Å². The van der Waals surface area contributed by atoms with Crippen LogP contribution in [0.3, 0.4) is 0 Å². The van der Waals surface area contributed by atoms with Crippen LogP contribution in [-0.2, 0) is 6.42 Å². The van der Waals surface area contributed by atoms with Crippen LogP contribution >= 0.6 is 22.7 Å². The number of thiophene rings is 2. The second kappa shape index (κ2) is 6.19. The predicted octanol–water partition coefficient (Wildman–Crippen LogP) is 3.71. The Hall–Kier alpha value is -0.840. The smallest absolute Gasteiger partial charge is 0.134 e. The van der Waals surface area contributed by atoms with E-state index in [1.54, 1.807) is 18.4 Å². The number of methoxy groups -OCH3 is 1. The van der Waals surface area contributed by atoms with Gasteiger partial charge in [0.05, 0.1) is 12.0 Å². The molecule has 1 N–H and O–H groups in total. The highest BCUT2D eigenvalue weighted by atomic mass is 32.1. The quantitative estimate of drug-likeness (QED) is 0.861. The molecule has 17 heavy (non-hydrogen) atoms. The normalized spacial score (nSPS) is 12.6. The summed E-state index contributed by atoms with van der Waals surface area (Å²) in [6, 6.07) is 6.73. The lowest BCUT2D eigenvalue weighted by molar-refractivity contribution is 0.403. The Morgan fingerprint density at radius 3 is 2.82 bits per heavy atom. The van der Waals surface area contributed by atoms with Crippen molar-refractivity contribution in [1.29, 1.82) is 0 Å². The molecule has 4 heteroatoms. The molecule has 0 spiro atoms. The van der Waals surface area contributed by atoms with Crippen molar-refractivity contribution in [3.8, 4) is 5.75 Å². The largest absolute Gasteiger partial charge is 0.496 e. The molecular formula is C13H17NOS2. The lowest BCUT2D eigenvalue weighted by Crippen LogP contribution is -2.16. The molecular weight excluding hydrogens is 250 g/mol. The Labute approximate surface area is 110 Å². The van der Waals surface area contributed by atoms with Crippen LogP contribution in [0, 0.1) is 0 Å². The molecule has 0 saturated carbocycles. The fourth-order valence-electron chi connectivity index (χ4n) is 1.88. The maximum absolute atomic E-state index is 5.38. The zero-order valence-electron chi connectivity index (χ0n) is 10.1. The highest BCUT2D eigenvalue weighted by Crippen LogP contribution is 2.33. The molecule has 92 valence electrons. The Balaban J connectivity index is 2.01. The van der Waals surface area contributed by atoms with Crippen molar-refractivity contribution >= 4 is 22.7 Å². The Morgan fingerprint density at radius 2 is 2.18 bits per heavy atom. The summed E-state index contributed by atoms with van der Waals surface area (Å²) in [7, 11) is 3.75. The van der Waals surface area contributed by atoms with Gasteiger partial charge in [-0.05, 0) is 42.8 Å². The van der Waals surface area contributed by atoms with Crippen molar-refractivity contribution in [2.24, 2.45) is 0 Å². The molecule has 0 aliphatic heterocycles. The van der Waals surface area contributed by atoms with Crippen LogP contribution in [0.25, 0.3) is 0 Å². The van der Waals surface area contributed by atoms with Gasteiger partial charge >= 0.3 is 0 Å². The minimum absolute atomic E-state index is 0.382. The number of hydrogen-bond donors (Lipinski definition) is 1. The molecule has 0 aliphatic rings. The Morgan fingerprint density at radius 1 is 1.29 bits per heavy atom. The van der Waals surface area contributed by atoms with E-state index >= 15 is 0 Å². The van der Waals surface area contributed by atoms with E-state index in [-0.39, 0.29) is 0 Å².